The number of halogens is 3. The van der Waals surface area contributed by atoms with Gasteiger partial charge in [-0.3, -0.25) is 19.6 Å². The predicted octanol–water partition coefficient (Wildman–Crippen LogP) is 3.93. The van der Waals surface area contributed by atoms with E-state index in [0.717, 1.165) is 4.57 Å². The number of hydrogen-bond acceptors (Lipinski definition) is 5. The van der Waals surface area contributed by atoms with E-state index in [-0.39, 0.29) is 36.3 Å². The number of aromatic nitrogens is 3. The van der Waals surface area contributed by atoms with Gasteiger partial charge in [0.25, 0.3) is 5.56 Å². The molecule has 6 nitrogen and oxygen atoms in total. The van der Waals surface area contributed by atoms with Gasteiger partial charge in [-0.25, -0.2) is 8.78 Å². The van der Waals surface area contributed by atoms with Crippen molar-refractivity contribution in [3.05, 3.63) is 91.8 Å². The maximum atomic E-state index is 15.2. The van der Waals surface area contributed by atoms with E-state index in [4.69, 9.17) is 4.74 Å². The minimum Gasteiger partial charge on any atom is -0.373 e. The minimum atomic E-state index is -1.10. The van der Waals surface area contributed by atoms with Crippen LogP contribution in [-0.4, -0.2) is 33.5 Å². The largest absolute Gasteiger partial charge is 0.373 e. The van der Waals surface area contributed by atoms with Gasteiger partial charge in [0.05, 0.1) is 18.4 Å². The number of pyridine rings is 1. The molecule has 0 radical (unpaired) electrons. The quantitative estimate of drug-likeness (QED) is 0.335. The summed E-state index contributed by atoms with van der Waals surface area (Å²) in [5, 5.41) is 0. The lowest BCUT2D eigenvalue weighted by molar-refractivity contribution is 0.0759. The van der Waals surface area contributed by atoms with Crippen LogP contribution >= 0.6 is 15.9 Å². The van der Waals surface area contributed by atoms with Gasteiger partial charge in [0, 0.05) is 47.2 Å². The van der Waals surface area contributed by atoms with Gasteiger partial charge in [0.2, 0.25) is 0 Å². The Morgan fingerprint density at radius 3 is 2.74 bits per heavy atom. The van der Waals surface area contributed by atoms with Gasteiger partial charge in [-0.2, -0.15) is 0 Å². The zero-order valence-electron chi connectivity index (χ0n) is 16.8. The number of benzene rings is 1. The van der Waals surface area contributed by atoms with Gasteiger partial charge >= 0.3 is 0 Å². The van der Waals surface area contributed by atoms with Gasteiger partial charge < -0.3 is 9.30 Å². The van der Waals surface area contributed by atoms with Crippen LogP contribution in [0.4, 0.5) is 8.78 Å². The summed E-state index contributed by atoms with van der Waals surface area (Å²) in [6.07, 6.45) is 6.12. The molecule has 0 atom stereocenters. The molecule has 0 bridgehead atoms. The molecular weight excluding hydrogens is 472 g/mol. The topological polar surface area (TPSA) is 74.1 Å². The molecule has 0 saturated heterocycles. The highest BCUT2D eigenvalue weighted by Gasteiger charge is 2.22. The number of carbonyl (C=O) groups excluding carboxylic acids is 1. The van der Waals surface area contributed by atoms with Crippen molar-refractivity contribution in [2.75, 3.05) is 13.2 Å². The van der Waals surface area contributed by atoms with Crippen LogP contribution in [0.5, 0.6) is 0 Å². The van der Waals surface area contributed by atoms with Crippen LogP contribution in [0.1, 0.15) is 40.5 Å². The summed E-state index contributed by atoms with van der Waals surface area (Å²) in [5.74, 6) is -2.17. The third-order valence-corrected chi connectivity index (χ3v) is 5.03. The molecule has 0 aliphatic heterocycles. The maximum Gasteiger partial charge on any atom is 0.287 e. The minimum absolute atomic E-state index is 0.0283. The fourth-order valence-electron chi connectivity index (χ4n) is 3.02. The Labute approximate surface area is 186 Å². The average molecular weight is 492 g/mol. The first kappa shape index (κ1) is 22.9. The van der Waals surface area contributed by atoms with Gasteiger partial charge in [0.1, 0.15) is 12.4 Å². The third-order valence-electron chi connectivity index (χ3n) is 4.54. The lowest BCUT2D eigenvalue weighted by Crippen LogP contribution is -2.29. The molecule has 0 saturated carbocycles. The Balaban J connectivity index is 2.05. The van der Waals surface area contributed by atoms with Crippen molar-refractivity contribution < 1.29 is 18.3 Å². The van der Waals surface area contributed by atoms with Gasteiger partial charge in [-0.1, -0.05) is 28.9 Å². The summed E-state index contributed by atoms with van der Waals surface area (Å²) in [7, 11) is 0. The van der Waals surface area contributed by atoms with E-state index in [9.17, 15) is 14.0 Å². The van der Waals surface area contributed by atoms with E-state index < -0.39 is 23.0 Å². The molecule has 3 aromatic rings. The first-order chi connectivity index (χ1) is 14.9. The summed E-state index contributed by atoms with van der Waals surface area (Å²) < 4.78 is 36.4. The molecule has 0 aliphatic carbocycles. The summed E-state index contributed by atoms with van der Waals surface area (Å²) >= 11 is 3.17. The number of ether oxygens (including phenoxy) is 1. The zero-order valence-corrected chi connectivity index (χ0v) is 18.4. The first-order valence-corrected chi connectivity index (χ1v) is 10.4. The standard InChI is InChI=1S/C22H20BrF2N3O3/c1-2-7-31-13-20(29)18-12-28(11-16-10-26-5-6-27-16)22(30)21(25)17(18)8-14-3-4-15(23)9-19(14)24/h3-6,9-10,12H,2,7-8,11,13H2,1H3. The van der Waals surface area contributed by atoms with Gasteiger partial charge in [-0.05, 0) is 24.1 Å². The molecule has 2 heterocycles. The van der Waals surface area contributed by atoms with Crippen molar-refractivity contribution in [2.24, 2.45) is 0 Å². The van der Waals surface area contributed by atoms with E-state index in [1.54, 1.807) is 6.07 Å². The monoisotopic (exact) mass is 491 g/mol. The van der Waals surface area contributed by atoms with Crippen LogP contribution in [0.15, 0.2) is 52.3 Å². The average Bonchev–Trinajstić information content (AvgIpc) is 2.75. The number of hydrogen-bond donors (Lipinski definition) is 0. The van der Waals surface area contributed by atoms with Crippen molar-refractivity contribution in [3.8, 4) is 0 Å². The van der Waals surface area contributed by atoms with E-state index in [0.29, 0.717) is 23.2 Å². The number of Topliss-reactive ketones (excluding diaryl/α,β-unsaturated/α-hetero) is 1. The Morgan fingerprint density at radius 1 is 1.26 bits per heavy atom. The van der Waals surface area contributed by atoms with Crippen molar-refractivity contribution in [2.45, 2.75) is 26.3 Å². The molecule has 162 valence electrons. The van der Waals surface area contributed by atoms with Crippen molar-refractivity contribution in [1.82, 2.24) is 14.5 Å². The van der Waals surface area contributed by atoms with E-state index in [2.05, 4.69) is 25.9 Å². The highest BCUT2D eigenvalue weighted by atomic mass is 79.9. The smallest absolute Gasteiger partial charge is 0.287 e. The molecule has 2 aromatic heterocycles. The second-order valence-electron chi connectivity index (χ2n) is 6.85. The highest BCUT2D eigenvalue weighted by molar-refractivity contribution is 9.10. The van der Waals surface area contributed by atoms with Crippen LogP contribution < -0.4 is 5.56 Å². The Bertz CT molecular complexity index is 1140. The fraction of sp³-hybridized carbons (Fsp3) is 0.273. The molecule has 1 aromatic carbocycles. The SMILES string of the molecule is CCCOCC(=O)c1cn(Cc2cnccn2)c(=O)c(F)c1Cc1ccc(Br)cc1F. The summed E-state index contributed by atoms with van der Waals surface area (Å²) in [6.45, 7) is 1.93. The van der Waals surface area contributed by atoms with Crippen molar-refractivity contribution in [3.63, 3.8) is 0 Å². The van der Waals surface area contributed by atoms with Gasteiger partial charge in [0.15, 0.2) is 11.6 Å². The highest BCUT2D eigenvalue weighted by Crippen LogP contribution is 2.22. The Hall–Kier alpha value is -2.78. The molecule has 0 amide bonds. The molecule has 0 unspecified atom stereocenters. The lowest BCUT2D eigenvalue weighted by atomic mass is 9.98. The van der Waals surface area contributed by atoms with Crippen LogP contribution in [0.2, 0.25) is 0 Å². The molecule has 0 fully saturated rings. The number of carbonyl (C=O) groups is 1. The van der Waals surface area contributed by atoms with Gasteiger partial charge in [-0.15, -0.1) is 0 Å². The number of rotatable bonds is 9. The number of ketones is 1. The van der Waals surface area contributed by atoms with E-state index in [1.165, 1.54) is 36.9 Å². The Morgan fingerprint density at radius 2 is 2.06 bits per heavy atom. The van der Waals surface area contributed by atoms with Crippen LogP contribution in [0.3, 0.4) is 0 Å². The van der Waals surface area contributed by atoms with Crippen molar-refractivity contribution in [1.29, 1.82) is 0 Å². The second kappa shape index (κ2) is 10.5. The third kappa shape index (κ3) is 5.68. The first-order valence-electron chi connectivity index (χ1n) is 9.62. The predicted molar refractivity (Wildman–Crippen MR) is 114 cm³/mol. The molecular formula is C22H20BrF2N3O3. The number of nitrogens with zero attached hydrogens (tertiary/aromatic N) is 3. The maximum absolute atomic E-state index is 15.2. The summed E-state index contributed by atoms with van der Waals surface area (Å²) in [6, 6.07) is 4.33. The molecule has 31 heavy (non-hydrogen) atoms. The van der Waals surface area contributed by atoms with E-state index >= 15 is 4.39 Å². The summed E-state index contributed by atoms with van der Waals surface area (Å²) in [4.78, 5) is 33.5. The van der Waals surface area contributed by atoms with Crippen molar-refractivity contribution >= 4 is 21.7 Å². The molecule has 3 rings (SSSR count). The molecule has 9 heteroatoms. The molecule has 0 aliphatic rings. The normalized spacial score (nSPS) is 11.0. The van der Waals surface area contributed by atoms with Crippen LogP contribution in [0, 0.1) is 11.6 Å². The summed E-state index contributed by atoms with van der Waals surface area (Å²) in [5.41, 5.74) is -0.525. The molecule has 0 spiro atoms. The fourth-order valence-corrected chi connectivity index (χ4v) is 3.36. The molecule has 0 N–H and O–H groups in total. The second-order valence-corrected chi connectivity index (χ2v) is 7.77. The lowest BCUT2D eigenvalue weighted by Gasteiger charge is -2.14. The zero-order chi connectivity index (χ0) is 22.4. The van der Waals surface area contributed by atoms with Crippen LogP contribution in [0.25, 0.3) is 0 Å². The van der Waals surface area contributed by atoms with Crippen LogP contribution in [-0.2, 0) is 17.7 Å². The Kier molecular flexibility index (Phi) is 7.75. The van der Waals surface area contributed by atoms with E-state index in [1.807, 2.05) is 6.92 Å².